The second kappa shape index (κ2) is 6.14. The van der Waals surface area contributed by atoms with Gasteiger partial charge in [-0.2, -0.15) is 0 Å². The minimum absolute atomic E-state index is 0.977. The number of aromatic nitrogens is 2. The zero-order valence-electron chi connectivity index (χ0n) is 11.9. The maximum atomic E-state index is 4.35. The number of aryl methyl sites for hydroxylation is 1. The van der Waals surface area contributed by atoms with Crippen molar-refractivity contribution in [2.45, 2.75) is 6.92 Å². The van der Waals surface area contributed by atoms with Crippen molar-refractivity contribution in [2.24, 2.45) is 0 Å². The summed E-state index contributed by atoms with van der Waals surface area (Å²) < 4.78 is 0. The van der Waals surface area contributed by atoms with E-state index in [0.717, 1.165) is 21.8 Å². The van der Waals surface area contributed by atoms with Gasteiger partial charge in [0.15, 0.2) is 0 Å². The zero-order chi connectivity index (χ0) is 14.5. The average molecular weight is 272 g/mol. The molecular weight excluding hydrogens is 256 g/mol. The summed E-state index contributed by atoms with van der Waals surface area (Å²) in [5.74, 6) is 0. The lowest BCUT2D eigenvalue weighted by Crippen LogP contribution is -1.83. The van der Waals surface area contributed by atoms with Crippen LogP contribution in [0.1, 0.15) is 5.56 Å². The summed E-state index contributed by atoms with van der Waals surface area (Å²) in [6.07, 6.45) is 3.60. The van der Waals surface area contributed by atoms with Gasteiger partial charge in [0.2, 0.25) is 0 Å². The van der Waals surface area contributed by atoms with E-state index in [9.17, 15) is 0 Å². The second-order valence-electron chi connectivity index (χ2n) is 4.87. The molecule has 0 N–H and O–H groups in total. The van der Waals surface area contributed by atoms with Gasteiger partial charge in [-0.1, -0.05) is 60.2 Å². The molecule has 0 bridgehead atoms. The molecule has 102 valence electrons. The molecule has 0 aliphatic heterocycles. The number of fused-ring (bicyclic) bond motifs is 3. The third-order valence-corrected chi connectivity index (χ3v) is 3.29. The fraction of sp³-hybridized carbons (Fsp3) is 0.0526. The number of hydrogen-bond donors (Lipinski definition) is 0. The summed E-state index contributed by atoms with van der Waals surface area (Å²) in [7, 11) is 0. The largest absolute Gasteiger partial charge is 0.254 e. The van der Waals surface area contributed by atoms with Crippen LogP contribution in [0, 0.1) is 6.92 Å². The molecule has 2 aromatic heterocycles. The van der Waals surface area contributed by atoms with Crippen LogP contribution in [-0.2, 0) is 0 Å². The topological polar surface area (TPSA) is 25.8 Å². The summed E-state index contributed by atoms with van der Waals surface area (Å²) in [5, 5.41) is 2.28. The molecule has 2 heteroatoms. The smallest absolute Gasteiger partial charge is 0.0964 e. The summed E-state index contributed by atoms with van der Waals surface area (Å²) in [4.78, 5) is 8.69. The van der Waals surface area contributed by atoms with Gasteiger partial charge in [-0.3, -0.25) is 9.97 Å². The zero-order valence-corrected chi connectivity index (χ0v) is 11.9. The molecule has 0 saturated carbocycles. The Morgan fingerprint density at radius 1 is 0.571 bits per heavy atom. The lowest BCUT2D eigenvalue weighted by Gasteiger charge is -2.00. The first-order valence-electron chi connectivity index (χ1n) is 6.95. The van der Waals surface area contributed by atoms with Crippen molar-refractivity contribution in [1.29, 1.82) is 0 Å². The highest BCUT2D eigenvalue weighted by molar-refractivity contribution is 6.02. The van der Waals surface area contributed by atoms with Crippen molar-refractivity contribution in [2.75, 3.05) is 0 Å². The van der Waals surface area contributed by atoms with E-state index < -0.39 is 0 Å². The van der Waals surface area contributed by atoms with Crippen LogP contribution in [0.3, 0.4) is 0 Å². The summed E-state index contributed by atoms with van der Waals surface area (Å²) in [6.45, 7) is 2.08. The van der Waals surface area contributed by atoms with Crippen LogP contribution in [0.15, 0.2) is 79.1 Å². The van der Waals surface area contributed by atoms with E-state index in [1.165, 1.54) is 5.56 Å². The van der Waals surface area contributed by atoms with Crippen LogP contribution < -0.4 is 0 Å². The average Bonchev–Trinajstić information content (AvgIpc) is 2.56. The molecule has 0 fully saturated rings. The van der Waals surface area contributed by atoms with Crippen LogP contribution in [-0.4, -0.2) is 9.97 Å². The number of benzene rings is 2. The molecule has 2 heterocycles. The van der Waals surface area contributed by atoms with Gasteiger partial charge < -0.3 is 0 Å². The molecule has 0 spiro atoms. The molecule has 0 radical (unpaired) electrons. The second-order valence-corrected chi connectivity index (χ2v) is 4.87. The minimum atomic E-state index is 0.977. The Balaban J connectivity index is 0.000000160. The third-order valence-electron chi connectivity index (χ3n) is 3.29. The normalized spacial score (nSPS) is 10.1. The van der Waals surface area contributed by atoms with Gasteiger partial charge in [0, 0.05) is 23.2 Å². The Labute approximate surface area is 124 Å². The van der Waals surface area contributed by atoms with Gasteiger partial charge >= 0.3 is 0 Å². The standard InChI is InChI=1S/C12H8N2.C7H8/c1-3-9-5-6-10-4-2-8-14-12(10)11(9)13-7-1;1-7-5-3-2-4-6-7/h1-8H;2-6H,1H3. The molecule has 0 unspecified atom stereocenters. The molecule has 2 nitrogen and oxygen atoms in total. The third kappa shape index (κ3) is 3.06. The van der Waals surface area contributed by atoms with Gasteiger partial charge in [-0.25, -0.2) is 0 Å². The van der Waals surface area contributed by atoms with Crippen molar-refractivity contribution in [3.8, 4) is 0 Å². The highest BCUT2D eigenvalue weighted by Crippen LogP contribution is 2.20. The van der Waals surface area contributed by atoms with E-state index >= 15 is 0 Å². The summed E-state index contributed by atoms with van der Waals surface area (Å²) >= 11 is 0. The van der Waals surface area contributed by atoms with E-state index in [-0.39, 0.29) is 0 Å². The maximum absolute atomic E-state index is 4.35. The molecule has 4 rings (SSSR count). The first-order valence-corrected chi connectivity index (χ1v) is 6.95. The monoisotopic (exact) mass is 272 g/mol. The number of hydrogen-bond acceptors (Lipinski definition) is 2. The van der Waals surface area contributed by atoms with Crippen molar-refractivity contribution in [3.05, 3.63) is 84.7 Å². The summed E-state index contributed by atoms with van der Waals surface area (Å²) in [6, 6.07) is 22.4. The van der Waals surface area contributed by atoms with Crippen LogP contribution in [0.5, 0.6) is 0 Å². The Bertz CT molecular complexity index is 800. The quantitative estimate of drug-likeness (QED) is 0.431. The molecular formula is C19H16N2. The first kappa shape index (κ1) is 13.3. The van der Waals surface area contributed by atoms with Gasteiger partial charge in [0.25, 0.3) is 0 Å². The fourth-order valence-corrected chi connectivity index (χ4v) is 2.21. The van der Waals surface area contributed by atoms with Crippen molar-refractivity contribution in [1.82, 2.24) is 9.97 Å². The predicted octanol–water partition coefficient (Wildman–Crippen LogP) is 4.78. The van der Waals surface area contributed by atoms with Gasteiger partial charge in [0.05, 0.1) is 11.0 Å². The first-order chi connectivity index (χ1) is 10.3. The van der Waals surface area contributed by atoms with E-state index in [2.05, 4.69) is 53.3 Å². The van der Waals surface area contributed by atoms with E-state index in [1.807, 2.05) is 30.3 Å². The Morgan fingerprint density at radius 3 is 1.52 bits per heavy atom. The summed E-state index contributed by atoms with van der Waals surface area (Å²) in [5.41, 5.74) is 3.28. The Hall–Kier alpha value is -2.74. The molecule has 0 saturated heterocycles. The van der Waals surface area contributed by atoms with Crippen LogP contribution >= 0.6 is 0 Å². The van der Waals surface area contributed by atoms with E-state index in [4.69, 9.17) is 0 Å². The van der Waals surface area contributed by atoms with E-state index in [1.54, 1.807) is 12.4 Å². The van der Waals surface area contributed by atoms with E-state index in [0.29, 0.717) is 0 Å². The van der Waals surface area contributed by atoms with Gasteiger partial charge in [-0.05, 0) is 19.1 Å². The number of nitrogens with zero attached hydrogens (tertiary/aromatic N) is 2. The number of rotatable bonds is 0. The molecule has 2 aromatic carbocycles. The molecule has 0 amide bonds. The van der Waals surface area contributed by atoms with Gasteiger partial charge in [-0.15, -0.1) is 0 Å². The Kier molecular flexibility index (Phi) is 3.88. The number of pyridine rings is 2. The van der Waals surface area contributed by atoms with Crippen molar-refractivity contribution in [3.63, 3.8) is 0 Å². The highest BCUT2D eigenvalue weighted by atomic mass is 14.7. The predicted molar refractivity (Wildman–Crippen MR) is 88.2 cm³/mol. The van der Waals surface area contributed by atoms with Gasteiger partial charge in [0.1, 0.15) is 0 Å². The fourth-order valence-electron chi connectivity index (χ4n) is 2.21. The van der Waals surface area contributed by atoms with Crippen molar-refractivity contribution < 1.29 is 0 Å². The molecule has 0 aliphatic carbocycles. The SMILES string of the molecule is Cc1ccccc1.c1cnc2c(c1)ccc1cccnc12. The minimum Gasteiger partial charge on any atom is -0.254 e. The lowest BCUT2D eigenvalue weighted by molar-refractivity contribution is 1.37. The Morgan fingerprint density at radius 2 is 1.10 bits per heavy atom. The lowest BCUT2D eigenvalue weighted by atomic mass is 10.1. The van der Waals surface area contributed by atoms with Crippen LogP contribution in [0.2, 0.25) is 0 Å². The molecule has 21 heavy (non-hydrogen) atoms. The van der Waals surface area contributed by atoms with Crippen LogP contribution in [0.4, 0.5) is 0 Å². The van der Waals surface area contributed by atoms with Crippen LogP contribution in [0.25, 0.3) is 21.8 Å². The highest BCUT2D eigenvalue weighted by Gasteiger charge is 2.00. The molecule has 0 atom stereocenters. The molecule has 0 aliphatic rings. The molecule has 4 aromatic rings. The maximum Gasteiger partial charge on any atom is 0.0964 e. The van der Waals surface area contributed by atoms with Crippen molar-refractivity contribution >= 4 is 21.8 Å².